The minimum atomic E-state index is -3.71. The van der Waals surface area contributed by atoms with Crippen molar-refractivity contribution in [2.75, 3.05) is 17.8 Å². The van der Waals surface area contributed by atoms with Gasteiger partial charge in [0, 0.05) is 16.7 Å². The number of carboxylic acid groups (broad SMARTS) is 1. The Kier molecular flexibility index (Phi) is 5.10. The first-order valence-electron chi connectivity index (χ1n) is 6.60. The summed E-state index contributed by atoms with van der Waals surface area (Å²) >= 11 is 1.99. The molecule has 0 spiro atoms. The first-order valence-corrected chi connectivity index (χ1v) is 9.12. The number of carbonyl (C=O) groups is 1. The lowest BCUT2D eigenvalue weighted by Gasteiger charge is -2.29. The lowest BCUT2D eigenvalue weighted by atomic mass is 10.0. The average molecular weight is 424 g/mol. The van der Waals surface area contributed by atoms with E-state index in [4.69, 9.17) is 0 Å². The van der Waals surface area contributed by atoms with E-state index in [1.807, 2.05) is 22.6 Å². The molecule has 1 aromatic carbocycles. The Hall–Kier alpha value is -0.870. The van der Waals surface area contributed by atoms with Gasteiger partial charge in [0.15, 0.2) is 0 Å². The SMILES string of the molecule is CC1CCN(S(=O)(=O)Nc2ccc(I)cc2C(=O)O)CC1. The van der Waals surface area contributed by atoms with Crippen LogP contribution < -0.4 is 4.72 Å². The normalized spacial score (nSPS) is 17.6. The summed E-state index contributed by atoms with van der Waals surface area (Å²) in [4.78, 5) is 11.2. The fourth-order valence-corrected chi connectivity index (χ4v) is 3.98. The minimum absolute atomic E-state index is 0.0455. The third kappa shape index (κ3) is 4.07. The van der Waals surface area contributed by atoms with E-state index in [1.165, 1.54) is 16.4 Å². The predicted octanol–water partition coefficient (Wildman–Crippen LogP) is 2.38. The Morgan fingerprint density at radius 2 is 2.00 bits per heavy atom. The average Bonchev–Trinajstić information content (AvgIpc) is 2.41. The molecule has 0 bridgehead atoms. The summed E-state index contributed by atoms with van der Waals surface area (Å²) < 4.78 is 29.2. The number of nitrogens with zero attached hydrogens (tertiary/aromatic N) is 1. The molecule has 0 amide bonds. The van der Waals surface area contributed by atoms with Crippen LogP contribution in [0.3, 0.4) is 0 Å². The molecule has 0 saturated carbocycles. The standard InChI is InChI=1S/C13H17IN2O4S/c1-9-4-6-16(7-5-9)21(19,20)15-12-3-2-10(14)8-11(12)13(17)18/h2-3,8-9,15H,4-7H2,1H3,(H,17,18). The molecule has 1 aliphatic rings. The molecular formula is C13H17IN2O4S. The number of hydrogen-bond donors (Lipinski definition) is 2. The van der Waals surface area contributed by atoms with E-state index >= 15 is 0 Å². The van der Waals surface area contributed by atoms with Crippen LogP contribution in [0, 0.1) is 9.49 Å². The maximum absolute atomic E-state index is 12.3. The van der Waals surface area contributed by atoms with Crippen LogP contribution in [0.15, 0.2) is 18.2 Å². The first-order chi connectivity index (χ1) is 9.79. The number of hydrogen-bond acceptors (Lipinski definition) is 3. The molecule has 0 unspecified atom stereocenters. The largest absolute Gasteiger partial charge is 0.478 e. The van der Waals surface area contributed by atoms with E-state index in [2.05, 4.69) is 11.6 Å². The van der Waals surface area contributed by atoms with E-state index < -0.39 is 16.2 Å². The Balaban J connectivity index is 2.23. The summed E-state index contributed by atoms with van der Waals surface area (Å²) in [6, 6.07) is 4.59. The Morgan fingerprint density at radius 1 is 1.38 bits per heavy atom. The monoisotopic (exact) mass is 424 g/mol. The van der Waals surface area contributed by atoms with Gasteiger partial charge in [-0.15, -0.1) is 0 Å². The van der Waals surface area contributed by atoms with Gasteiger partial charge in [0.25, 0.3) is 0 Å². The minimum Gasteiger partial charge on any atom is -0.478 e. The summed E-state index contributed by atoms with van der Waals surface area (Å²) in [5.41, 5.74) is 0.0531. The maximum atomic E-state index is 12.3. The molecular weight excluding hydrogens is 407 g/mol. The quantitative estimate of drug-likeness (QED) is 0.727. The number of carboxylic acids is 1. The maximum Gasteiger partial charge on any atom is 0.337 e. The molecule has 0 atom stereocenters. The number of halogens is 1. The predicted molar refractivity (Wildman–Crippen MR) is 88.6 cm³/mol. The molecule has 0 radical (unpaired) electrons. The summed E-state index contributed by atoms with van der Waals surface area (Å²) in [6.45, 7) is 3.02. The fourth-order valence-electron chi connectivity index (χ4n) is 2.21. The van der Waals surface area contributed by atoms with Gasteiger partial charge in [-0.3, -0.25) is 4.72 Å². The van der Waals surface area contributed by atoms with Crippen molar-refractivity contribution in [3.63, 3.8) is 0 Å². The van der Waals surface area contributed by atoms with E-state index in [9.17, 15) is 18.3 Å². The molecule has 1 heterocycles. The zero-order valence-electron chi connectivity index (χ0n) is 11.5. The Morgan fingerprint density at radius 3 is 2.57 bits per heavy atom. The van der Waals surface area contributed by atoms with Gasteiger partial charge in [-0.05, 0) is 59.5 Å². The molecule has 0 aromatic heterocycles. The van der Waals surface area contributed by atoms with Crippen LogP contribution in [0.5, 0.6) is 0 Å². The molecule has 8 heteroatoms. The highest BCUT2D eigenvalue weighted by molar-refractivity contribution is 14.1. The van der Waals surface area contributed by atoms with Crippen molar-refractivity contribution in [2.45, 2.75) is 19.8 Å². The second-order valence-corrected chi connectivity index (χ2v) is 8.10. The van der Waals surface area contributed by atoms with E-state index in [-0.39, 0.29) is 11.3 Å². The molecule has 1 aromatic rings. The summed E-state index contributed by atoms with van der Waals surface area (Å²) in [7, 11) is -3.71. The van der Waals surface area contributed by atoms with Gasteiger partial charge in [0.1, 0.15) is 0 Å². The molecule has 6 nitrogen and oxygen atoms in total. The second kappa shape index (κ2) is 6.49. The van der Waals surface area contributed by atoms with Crippen LogP contribution >= 0.6 is 22.6 Å². The van der Waals surface area contributed by atoms with Gasteiger partial charge < -0.3 is 5.11 Å². The molecule has 2 rings (SSSR count). The molecule has 0 aliphatic carbocycles. The van der Waals surface area contributed by atoms with Gasteiger partial charge in [-0.1, -0.05) is 6.92 Å². The Bertz CT molecular complexity index is 640. The van der Waals surface area contributed by atoms with Crippen molar-refractivity contribution in [3.05, 3.63) is 27.3 Å². The third-order valence-electron chi connectivity index (χ3n) is 3.53. The van der Waals surface area contributed by atoms with Gasteiger partial charge in [-0.25, -0.2) is 4.79 Å². The van der Waals surface area contributed by atoms with Crippen LogP contribution in [0.2, 0.25) is 0 Å². The zero-order chi connectivity index (χ0) is 15.6. The first kappa shape index (κ1) is 16.5. The van der Waals surface area contributed by atoms with E-state index in [0.717, 1.165) is 16.4 Å². The summed E-state index contributed by atoms with van der Waals surface area (Å²) in [5.74, 6) is -0.636. The van der Waals surface area contributed by atoms with Crippen molar-refractivity contribution < 1.29 is 18.3 Å². The highest BCUT2D eigenvalue weighted by Crippen LogP contribution is 2.23. The van der Waals surface area contributed by atoms with E-state index in [1.54, 1.807) is 6.07 Å². The molecule has 21 heavy (non-hydrogen) atoms. The number of rotatable bonds is 4. The third-order valence-corrected chi connectivity index (χ3v) is 5.73. The summed E-state index contributed by atoms with van der Waals surface area (Å²) in [5, 5.41) is 9.18. The molecule has 1 fully saturated rings. The van der Waals surface area contributed by atoms with Gasteiger partial charge in [0.2, 0.25) is 0 Å². The number of piperidine rings is 1. The Labute approximate surface area is 137 Å². The summed E-state index contributed by atoms with van der Waals surface area (Å²) in [6.07, 6.45) is 1.64. The van der Waals surface area contributed by atoms with Crippen molar-refractivity contribution in [1.29, 1.82) is 0 Å². The van der Waals surface area contributed by atoms with Gasteiger partial charge in [-0.2, -0.15) is 12.7 Å². The lowest BCUT2D eigenvalue weighted by molar-refractivity contribution is 0.0698. The van der Waals surface area contributed by atoms with E-state index in [0.29, 0.717) is 19.0 Å². The highest BCUT2D eigenvalue weighted by Gasteiger charge is 2.27. The molecule has 2 N–H and O–H groups in total. The smallest absolute Gasteiger partial charge is 0.337 e. The fraction of sp³-hybridized carbons (Fsp3) is 0.462. The molecule has 116 valence electrons. The van der Waals surface area contributed by atoms with Crippen molar-refractivity contribution in [1.82, 2.24) is 4.31 Å². The van der Waals surface area contributed by atoms with Gasteiger partial charge in [0.05, 0.1) is 11.3 Å². The number of aromatic carboxylic acids is 1. The highest BCUT2D eigenvalue weighted by atomic mass is 127. The van der Waals surface area contributed by atoms with Crippen LogP contribution in [-0.2, 0) is 10.2 Å². The van der Waals surface area contributed by atoms with Crippen LogP contribution in [0.1, 0.15) is 30.1 Å². The van der Waals surface area contributed by atoms with Crippen LogP contribution in [0.4, 0.5) is 5.69 Å². The molecule has 1 saturated heterocycles. The van der Waals surface area contributed by atoms with Crippen molar-refractivity contribution >= 4 is 44.5 Å². The lowest BCUT2D eigenvalue weighted by Crippen LogP contribution is -2.41. The van der Waals surface area contributed by atoms with Crippen LogP contribution in [0.25, 0.3) is 0 Å². The van der Waals surface area contributed by atoms with Crippen molar-refractivity contribution in [3.8, 4) is 0 Å². The van der Waals surface area contributed by atoms with Crippen molar-refractivity contribution in [2.24, 2.45) is 5.92 Å². The zero-order valence-corrected chi connectivity index (χ0v) is 14.5. The van der Waals surface area contributed by atoms with Crippen LogP contribution in [-0.4, -0.2) is 36.9 Å². The van der Waals surface area contributed by atoms with Gasteiger partial charge >= 0.3 is 16.2 Å². The topological polar surface area (TPSA) is 86.7 Å². The number of nitrogens with one attached hydrogen (secondary N) is 1. The second-order valence-electron chi connectivity index (χ2n) is 5.18. The number of benzene rings is 1. The molecule has 1 aliphatic heterocycles. The number of anilines is 1.